The van der Waals surface area contributed by atoms with Gasteiger partial charge < -0.3 is 5.32 Å². The van der Waals surface area contributed by atoms with Gasteiger partial charge in [-0.15, -0.1) is 0 Å². The van der Waals surface area contributed by atoms with E-state index in [9.17, 15) is 19.7 Å². The third-order valence-electron chi connectivity index (χ3n) is 3.35. The number of benzene rings is 2. The molecular formula is C15H11N3O4. The maximum atomic E-state index is 12.7. The van der Waals surface area contributed by atoms with Crippen LogP contribution in [0.25, 0.3) is 0 Å². The van der Waals surface area contributed by atoms with Crippen LogP contribution < -0.4 is 10.2 Å². The average molecular weight is 297 g/mol. The van der Waals surface area contributed by atoms with E-state index in [0.29, 0.717) is 11.4 Å². The van der Waals surface area contributed by atoms with Crippen LogP contribution in [0.1, 0.15) is 10.4 Å². The number of fused-ring (bicyclic) bond motifs is 1. The molecule has 1 aliphatic heterocycles. The van der Waals surface area contributed by atoms with E-state index in [-0.39, 0.29) is 23.7 Å². The van der Waals surface area contributed by atoms with Crippen LogP contribution in [-0.2, 0) is 4.79 Å². The molecule has 0 fully saturated rings. The van der Waals surface area contributed by atoms with Crippen molar-refractivity contribution in [1.29, 1.82) is 0 Å². The summed E-state index contributed by atoms with van der Waals surface area (Å²) in [5.41, 5.74) is 0.698. The second-order valence-electron chi connectivity index (χ2n) is 4.73. The quantitative estimate of drug-likeness (QED) is 0.679. The molecule has 1 aliphatic rings. The van der Waals surface area contributed by atoms with Crippen LogP contribution in [0.2, 0.25) is 0 Å². The molecule has 0 aromatic heterocycles. The van der Waals surface area contributed by atoms with Gasteiger partial charge in [0, 0.05) is 6.07 Å². The SMILES string of the molecule is O=C1CN(C(=O)c2ccccc2[N+](=O)[O-])c2ccccc2N1. The maximum absolute atomic E-state index is 12.7. The summed E-state index contributed by atoms with van der Waals surface area (Å²) in [6.07, 6.45) is 0. The minimum Gasteiger partial charge on any atom is -0.323 e. The first-order valence-electron chi connectivity index (χ1n) is 6.52. The van der Waals surface area contributed by atoms with Gasteiger partial charge in [-0.3, -0.25) is 24.6 Å². The number of carbonyl (C=O) groups excluding carboxylic acids is 2. The molecule has 0 radical (unpaired) electrons. The number of nitrogens with zero attached hydrogens (tertiary/aromatic N) is 2. The van der Waals surface area contributed by atoms with Crippen LogP contribution in [-0.4, -0.2) is 23.3 Å². The molecular weight excluding hydrogens is 286 g/mol. The molecule has 3 rings (SSSR count). The van der Waals surface area contributed by atoms with Gasteiger partial charge in [0.2, 0.25) is 5.91 Å². The van der Waals surface area contributed by atoms with E-state index < -0.39 is 10.8 Å². The Hall–Kier alpha value is -3.22. The summed E-state index contributed by atoms with van der Waals surface area (Å²) in [5, 5.41) is 13.7. The monoisotopic (exact) mass is 297 g/mol. The highest BCUT2D eigenvalue weighted by Crippen LogP contribution is 2.31. The number of nitrogens with one attached hydrogen (secondary N) is 1. The zero-order valence-electron chi connectivity index (χ0n) is 11.4. The molecule has 0 atom stereocenters. The molecule has 0 aliphatic carbocycles. The molecule has 7 nitrogen and oxygen atoms in total. The van der Waals surface area contributed by atoms with E-state index in [4.69, 9.17) is 0 Å². The molecule has 0 saturated heterocycles. The van der Waals surface area contributed by atoms with Gasteiger partial charge in [0.15, 0.2) is 0 Å². The topological polar surface area (TPSA) is 92.5 Å². The molecule has 7 heteroatoms. The van der Waals surface area contributed by atoms with Crippen molar-refractivity contribution in [3.8, 4) is 0 Å². The summed E-state index contributed by atoms with van der Waals surface area (Å²) in [7, 11) is 0. The summed E-state index contributed by atoms with van der Waals surface area (Å²) in [6.45, 7) is -0.179. The van der Waals surface area contributed by atoms with Crippen LogP contribution in [0, 0.1) is 10.1 Å². The van der Waals surface area contributed by atoms with Crippen LogP contribution in [0.15, 0.2) is 48.5 Å². The van der Waals surface area contributed by atoms with Gasteiger partial charge in [-0.1, -0.05) is 24.3 Å². The summed E-state index contributed by atoms with van der Waals surface area (Å²) >= 11 is 0. The predicted molar refractivity (Wildman–Crippen MR) is 79.8 cm³/mol. The number of hydrogen-bond acceptors (Lipinski definition) is 4. The van der Waals surface area contributed by atoms with Gasteiger partial charge in [0.25, 0.3) is 11.6 Å². The van der Waals surface area contributed by atoms with Gasteiger partial charge in [0.1, 0.15) is 12.1 Å². The number of para-hydroxylation sites is 3. The van der Waals surface area contributed by atoms with E-state index in [2.05, 4.69) is 5.32 Å². The molecule has 0 saturated carbocycles. The van der Waals surface area contributed by atoms with Crippen molar-refractivity contribution in [2.24, 2.45) is 0 Å². The number of anilines is 2. The van der Waals surface area contributed by atoms with E-state index in [1.807, 2.05) is 0 Å². The first-order chi connectivity index (χ1) is 10.6. The molecule has 0 unspecified atom stereocenters. The zero-order chi connectivity index (χ0) is 15.7. The van der Waals surface area contributed by atoms with Gasteiger partial charge in [-0.05, 0) is 18.2 Å². The lowest BCUT2D eigenvalue weighted by Gasteiger charge is -2.29. The van der Waals surface area contributed by atoms with Crippen molar-refractivity contribution in [1.82, 2.24) is 0 Å². The van der Waals surface area contributed by atoms with Crippen molar-refractivity contribution >= 4 is 28.9 Å². The molecule has 2 amide bonds. The normalized spacial score (nSPS) is 13.3. The maximum Gasteiger partial charge on any atom is 0.282 e. The summed E-state index contributed by atoms with van der Waals surface area (Å²) < 4.78 is 0. The van der Waals surface area contributed by atoms with Crippen molar-refractivity contribution in [2.75, 3.05) is 16.8 Å². The van der Waals surface area contributed by atoms with Crippen LogP contribution in [0.4, 0.5) is 17.1 Å². The summed E-state index contributed by atoms with van der Waals surface area (Å²) in [4.78, 5) is 36.1. The first kappa shape index (κ1) is 13.7. The van der Waals surface area contributed by atoms with Crippen molar-refractivity contribution in [2.45, 2.75) is 0 Å². The number of amides is 2. The molecule has 1 N–H and O–H groups in total. The van der Waals surface area contributed by atoms with Crippen LogP contribution >= 0.6 is 0 Å². The Kier molecular flexibility index (Phi) is 3.30. The van der Waals surface area contributed by atoms with Gasteiger partial charge in [-0.25, -0.2) is 0 Å². The lowest BCUT2D eigenvalue weighted by atomic mass is 10.1. The molecule has 1 heterocycles. The smallest absolute Gasteiger partial charge is 0.282 e. The van der Waals surface area contributed by atoms with E-state index in [1.165, 1.54) is 23.1 Å². The van der Waals surface area contributed by atoms with Crippen LogP contribution in [0.3, 0.4) is 0 Å². The molecule has 0 bridgehead atoms. The molecule has 2 aromatic carbocycles. The molecule has 2 aromatic rings. The third-order valence-corrected chi connectivity index (χ3v) is 3.35. The Labute approximate surface area is 125 Å². The number of nitro groups is 1. The lowest BCUT2D eigenvalue weighted by Crippen LogP contribution is -2.42. The minimum atomic E-state index is -0.608. The average Bonchev–Trinajstić information content (AvgIpc) is 2.53. The fraction of sp³-hybridized carbons (Fsp3) is 0.0667. The van der Waals surface area contributed by atoms with E-state index >= 15 is 0 Å². The summed E-state index contributed by atoms with van der Waals surface area (Å²) in [6, 6.07) is 12.5. The fourth-order valence-corrected chi connectivity index (χ4v) is 2.37. The van der Waals surface area contributed by atoms with Gasteiger partial charge in [0.05, 0.1) is 16.3 Å². The Morgan fingerprint density at radius 2 is 1.82 bits per heavy atom. The second-order valence-corrected chi connectivity index (χ2v) is 4.73. The molecule has 110 valence electrons. The number of nitro benzene ring substituents is 1. The third kappa shape index (κ3) is 2.28. The predicted octanol–water partition coefficient (Wildman–Crippen LogP) is 2.19. The number of carbonyl (C=O) groups is 2. The Morgan fingerprint density at radius 1 is 1.14 bits per heavy atom. The fourth-order valence-electron chi connectivity index (χ4n) is 2.37. The minimum absolute atomic E-state index is 0.0444. The standard InChI is InChI=1S/C15H11N3O4/c19-14-9-17(13-8-4-2-6-11(13)16-14)15(20)10-5-1-3-7-12(10)18(21)22/h1-8H,9H2,(H,16,19). The van der Waals surface area contributed by atoms with E-state index in [0.717, 1.165) is 0 Å². The Bertz CT molecular complexity index is 788. The summed E-state index contributed by atoms with van der Waals surface area (Å²) in [5.74, 6) is -0.916. The van der Waals surface area contributed by atoms with Gasteiger partial charge in [-0.2, -0.15) is 0 Å². The number of rotatable bonds is 2. The largest absolute Gasteiger partial charge is 0.323 e. The molecule has 22 heavy (non-hydrogen) atoms. The lowest BCUT2D eigenvalue weighted by molar-refractivity contribution is -0.385. The van der Waals surface area contributed by atoms with Crippen molar-refractivity contribution in [3.63, 3.8) is 0 Å². The highest BCUT2D eigenvalue weighted by Gasteiger charge is 2.30. The van der Waals surface area contributed by atoms with Crippen molar-refractivity contribution in [3.05, 3.63) is 64.2 Å². The Morgan fingerprint density at radius 3 is 2.59 bits per heavy atom. The van der Waals surface area contributed by atoms with E-state index in [1.54, 1.807) is 30.3 Å². The van der Waals surface area contributed by atoms with Crippen LogP contribution in [0.5, 0.6) is 0 Å². The Balaban J connectivity index is 2.07. The highest BCUT2D eigenvalue weighted by atomic mass is 16.6. The second kappa shape index (κ2) is 5.28. The number of hydrogen-bond donors (Lipinski definition) is 1. The van der Waals surface area contributed by atoms with Gasteiger partial charge >= 0.3 is 0 Å². The highest BCUT2D eigenvalue weighted by molar-refractivity contribution is 6.16. The van der Waals surface area contributed by atoms with Crippen molar-refractivity contribution < 1.29 is 14.5 Å². The zero-order valence-corrected chi connectivity index (χ0v) is 11.4. The first-order valence-corrected chi connectivity index (χ1v) is 6.52. The molecule has 0 spiro atoms.